The first-order valence-corrected chi connectivity index (χ1v) is 4.75. The summed E-state index contributed by atoms with van der Waals surface area (Å²) in [6.45, 7) is 1.33. The number of carboxylic acids is 1. The highest BCUT2D eigenvalue weighted by atomic mass is 16.4. The Balaban J connectivity index is 2.26. The molecule has 14 heavy (non-hydrogen) atoms. The van der Waals surface area contributed by atoms with E-state index in [0.29, 0.717) is 6.54 Å². The molecule has 0 bridgehead atoms. The molecule has 4 nitrogen and oxygen atoms in total. The summed E-state index contributed by atoms with van der Waals surface area (Å²) in [5.41, 5.74) is 1.10. The van der Waals surface area contributed by atoms with E-state index in [-0.39, 0.29) is 11.8 Å². The van der Waals surface area contributed by atoms with Gasteiger partial charge in [0, 0.05) is 37.9 Å². The minimum absolute atomic E-state index is 0.104. The number of nitrogens with one attached hydrogen (secondary N) is 1. The van der Waals surface area contributed by atoms with Crippen LogP contribution in [0.5, 0.6) is 0 Å². The van der Waals surface area contributed by atoms with Gasteiger partial charge < -0.3 is 15.0 Å². The molecule has 0 spiro atoms. The first-order chi connectivity index (χ1) is 6.70. The van der Waals surface area contributed by atoms with Crippen molar-refractivity contribution < 1.29 is 9.90 Å². The molecule has 0 unspecified atom stereocenters. The molecule has 1 aliphatic rings. The number of rotatable bonds is 2. The third-order valence-electron chi connectivity index (χ3n) is 2.90. The largest absolute Gasteiger partial charge is 0.481 e. The van der Waals surface area contributed by atoms with Crippen molar-refractivity contribution in [3.05, 3.63) is 24.0 Å². The van der Waals surface area contributed by atoms with Crippen molar-refractivity contribution in [2.75, 3.05) is 13.1 Å². The third-order valence-corrected chi connectivity index (χ3v) is 2.90. The molecule has 0 aliphatic carbocycles. The van der Waals surface area contributed by atoms with Gasteiger partial charge in [0.15, 0.2) is 0 Å². The van der Waals surface area contributed by atoms with E-state index in [9.17, 15) is 4.79 Å². The normalized spacial score (nSPS) is 26.6. The molecule has 0 radical (unpaired) electrons. The van der Waals surface area contributed by atoms with E-state index in [4.69, 9.17) is 5.11 Å². The van der Waals surface area contributed by atoms with E-state index in [1.165, 1.54) is 0 Å². The van der Waals surface area contributed by atoms with Crippen molar-refractivity contribution in [2.24, 2.45) is 13.0 Å². The number of carbonyl (C=O) groups is 1. The van der Waals surface area contributed by atoms with Crippen LogP contribution in [-0.2, 0) is 11.8 Å². The minimum Gasteiger partial charge on any atom is -0.481 e. The van der Waals surface area contributed by atoms with Crippen molar-refractivity contribution in [3.8, 4) is 0 Å². The van der Waals surface area contributed by atoms with Gasteiger partial charge in [-0.1, -0.05) is 0 Å². The smallest absolute Gasteiger partial charge is 0.308 e. The second-order valence-corrected chi connectivity index (χ2v) is 3.75. The molecule has 4 heteroatoms. The van der Waals surface area contributed by atoms with Crippen LogP contribution < -0.4 is 5.32 Å². The minimum atomic E-state index is -0.707. The average molecular weight is 194 g/mol. The van der Waals surface area contributed by atoms with Crippen LogP contribution in [0.1, 0.15) is 11.6 Å². The molecule has 0 saturated carbocycles. The van der Waals surface area contributed by atoms with E-state index in [0.717, 1.165) is 12.2 Å². The van der Waals surface area contributed by atoms with Gasteiger partial charge in [0.1, 0.15) is 0 Å². The Kier molecular flexibility index (Phi) is 2.29. The maximum atomic E-state index is 11.0. The highest BCUT2D eigenvalue weighted by Crippen LogP contribution is 2.28. The Hall–Kier alpha value is -1.29. The number of nitrogens with zero attached hydrogens (tertiary/aromatic N) is 1. The van der Waals surface area contributed by atoms with Gasteiger partial charge in [0.25, 0.3) is 0 Å². The van der Waals surface area contributed by atoms with Gasteiger partial charge >= 0.3 is 5.97 Å². The highest BCUT2D eigenvalue weighted by molar-refractivity contribution is 5.72. The van der Waals surface area contributed by atoms with Gasteiger partial charge in [-0.3, -0.25) is 4.79 Å². The standard InChI is InChI=1S/C10H14N2O2/c1-12-4-2-3-9(12)7-5-11-6-8(7)10(13)14/h2-4,7-8,11H,5-6H2,1H3,(H,13,14)/t7-,8-/m1/s1. The van der Waals surface area contributed by atoms with Gasteiger partial charge in [-0.2, -0.15) is 0 Å². The molecular formula is C10H14N2O2. The number of aromatic nitrogens is 1. The van der Waals surface area contributed by atoms with Crippen LogP contribution in [0, 0.1) is 5.92 Å². The van der Waals surface area contributed by atoms with E-state index in [1.54, 1.807) is 0 Å². The molecule has 2 rings (SSSR count). The zero-order valence-electron chi connectivity index (χ0n) is 8.10. The van der Waals surface area contributed by atoms with Crippen LogP contribution in [-0.4, -0.2) is 28.7 Å². The van der Waals surface area contributed by atoms with Crippen molar-refractivity contribution in [1.82, 2.24) is 9.88 Å². The molecule has 0 amide bonds. The highest BCUT2D eigenvalue weighted by Gasteiger charge is 2.34. The predicted octanol–water partition coefficient (Wildman–Crippen LogP) is 0.413. The molecule has 1 aromatic rings. The van der Waals surface area contributed by atoms with Gasteiger partial charge in [-0.05, 0) is 12.1 Å². The first kappa shape index (κ1) is 9.27. The monoisotopic (exact) mass is 194 g/mol. The molecule has 0 aromatic carbocycles. The van der Waals surface area contributed by atoms with Gasteiger partial charge in [0.05, 0.1) is 5.92 Å². The van der Waals surface area contributed by atoms with E-state index < -0.39 is 5.97 Å². The summed E-state index contributed by atoms with van der Waals surface area (Å²) < 4.78 is 1.99. The summed E-state index contributed by atoms with van der Waals surface area (Å²) in [6, 6.07) is 3.94. The number of hydrogen-bond acceptors (Lipinski definition) is 2. The van der Waals surface area contributed by atoms with Crippen molar-refractivity contribution in [2.45, 2.75) is 5.92 Å². The van der Waals surface area contributed by atoms with Crippen LogP contribution in [0.3, 0.4) is 0 Å². The lowest BCUT2D eigenvalue weighted by molar-refractivity contribution is -0.141. The van der Waals surface area contributed by atoms with Crippen LogP contribution in [0.4, 0.5) is 0 Å². The van der Waals surface area contributed by atoms with Crippen LogP contribution in [0.25, 0.3) is 0 Å². The Morgan fingerprint density at radius 1 is 1.64 bits per heavy atom. The lowest BCUT2D eigenvalue weighted by atomic mass is 9.93. The Bertz CT molecular complexity index is 346. The summed E-state index contributed by atoms with van der Waals surface area (Å²) in [4.78, 5) is 11.0. The number of aliphatic carboxylic acids is 1. The fourth-order valence-corrected chi connectivity index (χ4v) is 2.11. The second kappa shape index (κ2) is 3.46. The van der Waals surface area contributed by atoms with Crippen molar-refractivity contribution in [3.63, 3.8) is 0 Å². The maximum absolute atomic E-state index is 11.0. The van der Waals surface area contributed by atoms with Crippen molar-refractivity contribution >= 4 is 5.97 Å². The van der Waals surface area contributed by atoms with E-state index in [1.807, 2.05) is 29.9 Å². The first-order valence-electron chi connectivity index (χ1n) is 4.75. The molecule has 2 atom stereocenters. The lowest BCUT2D eigenvalue weighted by Crippen LogP contribution is -2.22. The molecular weight excluding hydrogens is 180 g/mol. The zero-order chi connectivity index (χ0) is 10.1. The summed E-state index contributed by atoms with van der Waals surface area (Å²) >= 11 is 0. The topological polar surface area (TPSA) is 54.3 Å². The summed E-state index contributed by atoms with van der Waals surface area (Å²) in [6.07, 6.45) is 1.95. The predicted molar refractivity (Wildman–Crippen MR) is 52.1 cm³/mol. The number of aryl methyl sites for hydroxylation is 1. The fourth-order valence-electron chi connectivity index (χ4n) is 2.11. The van der Waals surface area contributed by atoms with E-state index >= 15 is 0 Å². The number of carboxylic acid groups (broad SMARTS) is 1. The van der Waals surface area contributed by atoms with Gasteiger partial charge in [-0.15, -0.1) is 0 Å². The summed E-state index contributed by atoms with van der Waals surface area (Å²) in [7, 11) is 1.95. The molecule has 2 heterocycles. The van der Waals surface area contributed by atoms with Crippen molar-refractivity contribution in [1.29, 1.82) is 0 Å². The maximum Gasteiger partial charge on any atom is 0.308 e. The van der Waals surface area contributed by atoms with Crippen LogP contribution in [0.15, 0.2) is 18.3 Å². The van der Waals surface area contributed by atoms with Gasteiger partial charge in [0.2, 0.25) is 0 Å². The Labute approximate surface area is 82.5 Å². The van der Waals surface area contributed by atoms with E-state index in [2.05, 4.69) is 5.32 Å². The molecule has 1 aromatic heterocycles. The SMILES string of the molecule is Cn1cccc1[C@@H]1CNC[C@H]1C(=O)O. The molecule has 1 aliphatic heterocycles. The van der Waals surface area contributed by atoms with Crippen LogP contribution in [0.2, 0.25) is 0 Å². The third kappa shape index (κ3) is 1.42. The Morgan fingerprint density at radius 2 is 2.43 bits per heavy atom. The summed E-state index contributed by atoms with van der Waals surface area (Å²) in [5.74, 6) is -0.891. The average Bonchev–Trinajstić information content (AvgIpc) is 2.70. The molecule has 2 N–H and O–H groups in total. The van der Waals surface area contributed by atoms with Crippen LogP contribution >= 0.6 is 0 Å². The van der Waals surface area contributed by atoms with Gasteiger partial charge in [-0.25, -0.2) is 0 Å². The zero-order valence-corrected chi connectivity index (χ0v) is 8.10. The molecule has 1 fully saturated rings. The summed E-state index contributed by atoms with van der Waals surface area (Å²) in [5, 5.41) is 12.1. The second-order valence-electron chi connectivity index (χ2n) is 3.75. The Morgan fingerprint density at radius 3 is 3.00 bits per heavy atom. The molecule has 76 valence electrons. The molecule has 1 saturated heterocycles. The fraction of sp³-hybridized carbons (Fsp3) is 0.500. The number of hydrogen-bond donors (Lipinski definition) is 2. The lowest BCUT2D eigenvalue weighted by Gasteiger charge is -2.15. The quantitative estimate of drug-likeness (QED) is 0.717.